The van der Waals surface area contributed by atoms with Crippen LogP contribution in [0.15, 0.2) is 47.6 Å². The van der Waals surface area contributed by atoms with Gasteiger partial charge in [-0.3, -0.25) is 14.9 Å². The van der Waals surface area contributed by atoms with Crippen LogP contribution in [0.25, 0.3) is 0 Å². The van der Waals surface area contributed by atoms with Crippen LogP contribution in [0.1, 0.15) is 15.9 Å². The van der Waals surface area contributed by atoms with Gasteiger partial charge in [0.1, 0.15) is 0 Å². The summed E-state index contributed by atoms with van der Waals surface area (Å²) in [4.78, 5) is 21.7. The van der Waals surface area contributed by atoms with E-state index < -0.39 is 10.8 Å². The molecule has 2 aromatic carbocycles. The van der Waals surface area contributed by atoms with Crippen molar-refractivity contribution in [2.24, 2.45) is 5.10 Å². The minimum atomic E-state index is -0.565. The molecule has 0 spiro atoms. The molecule has 0 fully saturated rings. The van der Waals surface area contributed by atoms with Gasteiger partial charge >= 0.3 is 0 Å². The fourth-order valence-electron chi connectivity index (χ4n) is 1.61. The van der Waals surface area contributed by atoms with Crippen LogP contribution in [0.2, 0.25) is 0 Å². The Balaban J connectivity index is 2.04. The molecule has 0 aromatic heterocycles. The zero-order valence-electron chi connectivity index (χ0n) is 11.1. The summed E-state index contributed by atoms with van der Waals surface area (Å²) >= 11 is 0. The number of nitro groups is 1. The van der Waals surface area contributed by atoms with Crippen LogP contribution in [-0.4, -0.2) is 27.3 Å². The molecule has 8 nitrogen and oxygen atoms in total. The molecule has 22 heavy (non-hydrogen) atoms. The van der Waals surface area contributed by atoms with E-state index in [9.17, 15) is 25.1 Å². The number of phenols is 2. The maximum absolute atomic E-state index is 11.8. The molecular weight excluding hydrogens is 290 g/mol. The molecular formula is C14H11N3O5. The van der Waals surface area contributed by atoms with Gasteiger partial charge < -0.3 is 10.2 Å². The average Bonchev–Trinajstić information content (AvgIpc) is 2.51. The molecule has 0 saturated heterocycles. The number of phenolic OH excluding ortho intramolecular Hbond substituents is 2. The van der Waals surface area contributed by atoms with E-state index in [4.69, 9.17) is 0 Å². The molecule has 8 heteroatoms. The summed E-state index contributed by atoms with van der Waals surface area (Å²) in [6, 6.07) is 9.33. The van der Waals surface area contributed by atoms with E-state index in [2.05, 4.69) is 10.5 Å². The summed E-state index contributed by atoms with van der Waals surface area (Å²) < 4.78 is 0. The Morgan fingerprint density at radius 3 is 2.50 bits per heavy atom. The third-order valence-corrected chi connectivity index (χ3v) is 2.76. The molecule has 0 radical (unpaired) electrons. The van der Waals surface area contributed by atoms with Gasteiger partial charge in [-0.05, 0) is 24.3 Å². The number of hydrogen-bond donors (Lipinski definition) is 3. The Morgan fingerprint density at radius 2 is 1.86 bits per heavy atom. The maximum atomic E-state index is 11.8. The van der Waals surface area contributed by atoms with E-state index in [1.165, 1.54) is 48.7 Å². The Bertz CT molecular complexity index is 741. The number of aromatic hydroxyl groups is 2. The van der Waals surface area contributed by atoms with Gasteiger partial charge in [-0.2, -0.15) is 5.10 Å². The summed E-state index contributed by atoms with van der Waals surface area (Å²) in [5.74, 6) is -1.22. The molecule has 0 saturated carbocycles. The van der Waals surface area contributed by atoms with Crippen LogP contribution in [-0.2, 0) is 0 Å². The first-order valence-corrected chi connectivity index (χ1v) is 6.08. The van der Waals surface area contributed by atoms with E-state index in [-0.39, 0.29) is 28.3 Å². The molecule has 0 unspecified atom stereocenters. The number of non-ortho nitro benzene ring substituents is 1. The van der Waals surface area contributed by atoms with Gasteiger partial charge in [0, 0.05) is 23.3 Å². The van der Waals surface area contributed by atoms with Crippen molar-refractivity contribution >= 4 is 17.8 Å². The number of hydrogen-bond acceptors (Lipinski definition) is 6. The lowest BCUT2D eigenvalue weighted by molar-refractivity contribution is -0.384. The van der Waals surface area contributed by atoms with Gasteiger partial charge in [-0.1, -0.05) is 6.07 Å². The third kappa shape index (κ3) is 3.37. The number of hydrazone groups is 1. The van der Waals surface area contributed by atoms with Gasteiger partial charge in [-0.15, -0.1) is 0 Å². The SMILES string of the molecule is O=C(N/N=C/c1cccc(O)c1O)c1ccc([N+](=O)[O-])cc1. The van der Waals surface area contributed by atoms with Crippen LogP contribution in [0.3, 0.4) is 0 Å². The molecule has 112 valence electrons. The largest absolute Gasteiger partial charge is 0.504 e. The molecule has 3 N–H and O–H groups in total. The normalized spacial score (nSPS) is 10.5. The Labute approximate surface area is 124 Å². The summed E-state index contributed by atoms with van der Waals surface area (Å²) in [6.45, 7) is 0. The van der Waals surface area contributed by atoms with Crippen molar-refractivity contribution in [3.05, 3.63) is 63.7 Å². The molecule has 2 aromatic rings. The second kappa shape index (κ2) is 6.35. The van der Waals surface area contributed by atoms with Crippen molar-refractivity contribution in [2.75, 3.05) is 0 Å². The number of carbonyl (C=O) groups is 1. The van der Waals surface area contributed by atoms with Crippen LogP contribution >= 0.6 is 0 Å². The Morgan fingerprint density at radius 1 is 1.18 bits per heavy atom. The number of carbonyl (C=O) groups excluding carboxylic acids is 1. The second-order valence-electron chi connectivity index (χ2n) is 4.22. The highest BCUT2D eigenvalue weighted by molar-refractivity contribution is 5.95. The molecule has 0 bridgehead atoms. The van der Waals surface area contributed by atoms with Gasteiger partial charge in [-0.25, -0.2) is 5.43 Å². The van der Waals surface area contributed by atoms with Crippen molar-refractivity contribution in [1.82, 2.24) is 5.43 Å². The van der Waals surface area contributed by atoms with Gasteiger partial charge in [0.25, 0.3) is 11.6 Å². The molecule has 2 rings (SSSR count). The Kier molecular flexibility index (Phi) is 4.33. The lowest BCUT2D eigenvalue weighted by Gasteiger charge is -2.01. The molecule has 0 aliphatic rings. The van der Waals surface area contributed by atoms with Gasteiger partial charge in [0.2, 0.25) is 0 Å². The zero-order valence-corrected chi connectivity index (χ0v) is 11.1. The number of rotatable bonds is 4. The van der Waals surface area contributed by atoms with E-state index in [1.54, 1.807) is 0 Å². The first-order valence-electron chi connectivity index (χ1n) is 6.08. The predicted molar refractivity (Wildman–Crippen MR) is 77.9 cm³/mol. The summed E-state index contributed by atoms with van der Waals surface area (Å²) in [5, 5.41) is 33.0. The smallest absolute Gasteiger partial charge is 0.271 e. The van der Waals surface area contributed by atoms with E-state index in [1.807, 2.05) is 0 Å². The van der Waals surface area contributed by atoms with Crippen LogP contribution in [0.5, 0.6) is 11.5 Å². The highest BCUT2D eigenvalue weighted by Crippen LogP contribution is 2.26. The number of benzene rings is 2. The van der Waals surface area contributed by atoms with E-state index >= 15 is 0 Å². The highest BCUT2D eigenvalue weighted by Gasteiger charge is 2.09. The van der Waals surface area contributed by atoms with Crippen LogP contribution in [0.4, 0.5) is 5.69 Å². The lowest BCUT2D eigenvalue weighted by Crippen LogP contribution is -2.17. The fourth-order valence-corrected chi connectivity index (χ4v) is 1.61. The first-order chi connectivity index (χ1) is 10.5. The zero-order chi connectivity index (χ0) is 16.1. The topological polar surface area (TPSA) is 125 Å². The van der Waals surface area contributed by atoms with E-state index in [0.29, 0.717) is 0 Å². The molecule has 0 aliphatic carbocycles. The number of para-hydroxylation sites is 1. The number of nitrogens with zero attached hydrogens (tertiary/aromatic N) is 2. The predicted octanol–water partition coefficient (Wildman–Crippen LogP) is 1.77. The van der Waals surface area contributed by atoms with Crippen molar-refractivity contribution in [3.63, 3.8) is 0 Å². The Hall–Kier alpha value is -3.42. The summed E-state index contributed by atoms with van der Waals surface area (Å²) in [7, 11) is 0. The van der Waals surface area contributed by atoms with Gasteiger partial charge in [0.15, 0.2) is 11.5 Å². The van der Waals surface area contributed by atoms with Crippen molar-refractivity contribution in [2.45, 2.75) is 0 Å². The van der Waals surface area contributed by atoms with Crippen molar-refractivity contribution in [3.8, 4) is 11.5 Å². The van der Waals surface area contributed by atoms with Crippen LogP contribution in [0, 0.1) is 10.1 Å². The fraction of sp³-hybridized carbons (Fsp3) is 0. The molecule has 0 atom stereocenters. The number of amides is 1. The first kappa shape index (κ1) is 15.0. The average molecular weight is 301 g/mol. The monoisotopic (exact) mass is 301 g/mol. The van der Waals surface area contributed by atoms with Gasteiger partial charge in [0.05, 0.1) is 11.1 Å². The molecule has 0 aliphatic heterocycles. The highest BCUT2D eigenvalue weighted by atomic mass is 16.6. The van der Waals surface area contributed by atoms with E-state index in [0.717, 1.165) is 0 Å². The maximum Gasteiger partial charge on any atom is 0.271 e. The van der Waals surface area contributed by atoms with Crippen molar-refractivity contribution < 1.29 is 19.9 Å². The molecule has 0 heterocycles. The summed E-state index contributed by atoms with van der Waals surface area (Å²) in [6.07, 6.45) is 1.17. The number of nitrogens with one attached hydrogen (secondary N) is 1. The lowest BCUT2D eigenvalue weighted by atomic mass is 10.2. The molecule has 1 amide bonds. The van der Waals surface area contributed by atoms with Crippen molar-refractivity contribution in [1.29, 1.82) is 0 Å². The minimum Gasteiger partial charge on any atom is -0.504 e. The third-order valence-electron chi connectivity index (χ3n) is 2.76. The standard InChI is InChI=1S/C14H11N3O5/c18-12-3-1-2-10(13(12)19)8-15-16-14(20)9-4-6-11(7-5-9)17(21)22/h1-8,18-19H,(H,16,20)/b15-8+. The summed E-state index contributed by atoms with van der Waals surface area (Å²) in [5.41, 5.74) is 2.51. The quantitative estimate of drug-likeness (QED) is 0.343. The second-order valence-corrected chi connectivity index (χ2v) is 4.22. The number of nitro benzene ring substituents is 1. The van der Waals surface area contributed by atoms with Crippen LogP contribution < -0.4 is 5.43 Å². The minimum absolute atomic E-state index is 0.121.